The van der Waals surface area contributed by atoms with E-state index in [2.05, 4.69) is 53.8 Å². The van der Waals surface area contributed by atoms with E-state index in [-0.39, 0.29) is 0 Å². The van der Waals surface area contributed by atoms with Crippen molar-refractivity contribution in [2.45, 2.75) is 13.2 Å². The Bertz CT molecular complexity index is 1040. The first kappa shape index (κ1) is 17.9. The standard InChI is InChI=1S/C25H23NO2/c1-27-22-14-12-21(13-15-22)26-17-24-23-10-6-5-9-20(23)11-16-25(24)28-18-19-7-3-2-4-8-19/h2-16,26H,17-18H2,1H3. The molecule has 3 heteroatoms. The van der Waals surface area contributed by atoms with Gasteiger partial charge in [0, 0.05) is 17.8 Å². The van der Waals surface area contributed by atoms with Crippen LogP contribution in [-0.4, -0.2) is 7.11 Å². The SMILES string of the molecule is COc1ccc(NCc2c(OCc3ccccc3)ccc3ccccc23)cc1. The Labute approximate surface area is 165 Å². The summed E-state index contributed by atoms with van der Waals surface area (Å²) >= 11 is 0. The van der Waals surface area contributed by atoms with Crippen molar-refractivity contribution < 1.29 is 9.47 Å². The van der Waals surface area contributed by atoms with Gasteiger partial charge in [-0.1, -0.05) is 60.7 Å². The van der Waals surface area contributed by atoms with Gasteiger partial charge in [-0.2, -0.15) is 0 Å². The summed E-state index contributed by atoms with van der Waals surface area (Å²) < 4.78 is 11.4. The van der Waals surface area contributed by atoms with Crippen LogP contribution in [-0.2, 0) is 13.2 Å². The lowest BCUT2D eigenvalue weighted by molar-refractivity contribution is 0.304. The minimum Gasteiger partial charge on any atom is -0.497 e. The topological polar surface area (TPSA) is 30.5 Å². The number of benzene rings is 4. The predicted molar refractivity (Wildman–Crippen MR) is 115 cm³/mol. The molecule has 1 N–H and O–H groups in total. The number of hydrogen-bond acceptors (Lipinski definition) is 3. The van der Waals surface area contributed by atoms with E-state index in [1.807, 2.05) is 42.5 Å². The number of rotatable bonds is 7. The van der Waals surface area contributed by atoms with Gasteiger partial charge in [0.2, 0.25) is 0 Å². The third kappa shape index (κ3) is 4.09. The zero-order valence-corrected chi connectivity index (χ0v) is 15.9. The minimum atomic E-state index is 0.550. The molecule has 0 radical (unpaired) electrons. The van der Waals surface area contributed by atoms with Crippen molar-refractivity contribution in [2.24, 2.45) is 0 Å². The van der Waals surface area contributed by atoms with Crippen LogP contribution in [0.25, 0.3) is 10.8 Å². The predicted octanol–water partition coefficient (Wildman–Crippen LogP) is 6.04. The Balaban J connectivity index is 1.59. The van der Waals surface area contributed by atoms with Crippen LogP contribution in [0.1, 0.15) is 11.1 Å². The van der Waals surface area contributed by atoms with Crippen molar-refractivity contribution >= 4 is 16.5 Å². The molecule has 0 unspecified atom stereocenters. The summed E-state index contributed by atoms with van der Waals surface area (Å²) in [6.45, 7) is 1.23. The molecule has 4 aromatic carbocycles. The summed E-state index contributed by atoms with van der Waals surface area (Å²) in [6, 6.07) is 30.8. The number of hydrogen-bond donors (Lipinski definition) is 1. The van der Waals surface area contributed by atoms with Crippen LogP contribution < -0.4 is 14.8 Å². The number of methoxy groups -OCH3 is 1. The molecule has 0 aliphatic carbocycles. The van der Waals surface area contributed by atoms with E-state index < -0.39 is 0 Å². The van der Waals surface area contributed by atoms with Crippen molar-refractivity contribution in [3.63, 3.8) is 0 Å². The van der Waals surface area contributed by atoms with Gasteiger partial charge >= 0.3 is 0 Å². The largest absolute Gasteiger partial charge is 0.497 e. The van der Waals surface area contributed by atoms with Gasteiger partial charge in [0.1, 0.15) is 18.1 Å². The molecule has 0 heterocycles. The molecular weight excluding hydrogens is 346 g/mol. The van der Waals surface area contributed by atoms with Crippen LogP contribution >= 0.6 is 0 Å². The third-order valence-electron chi connectivity index (χ3n) is 4.79. The summed E-state index contributed by atoms with van der Waals surface area (Å²) in [5.74, 6) is 1.76. The lowest BCUT2D eigenvalue weighted by Gasteiger charge is -2.16. The van der Waals surface area contributed by atoms with E-state index in [0.717, 1.165) is 28.3 Å². The fraction of sp³-hybridized carbons (Fsp3) is 0.120. The number of anilines is 1. The van der Waals surface area contributed by atoms with Crippen LogP contribution in [0.5, 0.6) is 11.5 Å². The number of nitrogens with one attached hydrogen (secondary N) is 1. The second kappa shape index (κ2) is 8.49. The van der Waals surface area contributed by atoms with Crippen molar-refractivity contribution in [3.05, 3.63) is 102 Å². The maximum atomic E-state index is 6.20. The van der Waals surface area contributed by atoms with Crippen LogP contribution in [0.3, 0.4) is 0 Å². The summed E-state index contributed by atoms with van der Waals surface area (Å²) in [4.78, 5) is 0. The van der Waals surface area contributed by atoms with E-state index in [9.17, 15) is 0 Å². The minimum absolute atomic E-state index is 0.550. The molecule has 3 nitrogen and oxygen atoms in total. The molecule has 0 fully saturated rings. The van der Waals surface area contributed by atoms with Gasteiger partial charge in [-0.3, -0.25) is 0 Å². The van der Waals surface area contributed by atoms with Gasteiger partial charge in [0.15, 0.2) is 0 Å². The number of ether oxygens (including phenoxy) is 2. The first-order valence-corrected chi connectivity index (χ1v) is 9.39. The van der Waals surface area contributed by atoms with Crippen molar-refractivity contribution in [1.29, 1.82) is 0 Å². The molecule has 0 saturated heterocycles. The molecule has 4 aromatic rings. The average molecular weight is 369 g/mol. The highest BCUT2D eigenvalue weighted by Gasteiger charge is 2.09. The van der Waals surface area contributed by atoms with E-state index in [4.69, 9.17) is 9.47 Å². The van der Waals surface area contributed by atoms with Gasteiger partial charge < -0.3 is 14.8 Å². The highest BCUT2D eigenvalue weighted by Crippen LogP contribution is 2.30. The highest BCUT2D eigenvalue weighted by atomic mass is 16.5. The van der Waals surface area contributed by atoms with E-state index >= 15 is 0 Å². The summed E-state index contributed by atoms with van der Waals surface area (Å²) in [6.07, 6.45) is 0. The van der Waals surface area contributed by atoms with Gasteiger partial charge in [0.25, 0.3) is 0 Å². The van der Waals surface area contributed by atoms with Crippen LogP contribution in [0.15, 0.2) is 91.0 Å². The third-order valence-corrected chi connectivity index (χ3v) is 4.79. The van der Waals surface area contributed by atoms with Crippen molar-refractivity contribution in [3.8, 4) is 11.5 Å². The van der Waals surface area contributed by atoms with E-state index in [1.54, 1.807) is 7.11 Å². The molecule has 0 aromatic heterocycles. The Morgan fingerprint density at radius 2 is 1.50 bits per heavy atom. The molecule has 0 saturated carbocycles. The van der Waals surface area contributed by atoms with Crippen molar-refractivity contribution in [2.75, 3.05) is 12.4 Å². The van der Waals surface area contributed by atoms with Crippen molar-refractivity contribution in [1.82, 2.24) is 0 Å². The molecule has 4 rings (SSSR count). The summed E-state index contributed by atoms with van der Waals surface area (Å²) in [5.41, 5.74) is 3.36. The highest BCUT2D eigenvalue weighted by molar-refractivity contribution is 5.88. The maximum absolute atomic E-state index is 6.20. The average Bonchev–Trinajstić information content (AvgIpc) is 2.77. The first-order valence-electron chi connectivity index (χ1n) is 9.39. The van der Waals surface area contributed by atoms with Gasteiger partial charge in [-0.25, -0.2) is 0 Å². The lowest BCUT2D eigenvalue weighted by Crippen LogP contribution is -2.04. The van der Waals surface area contributed by atoms with Gasteiger partial charge in [0.05, 0.1) is 7.11 Å². The van der Waals surface area contributed by atoms with Crippen LogP contribution in [0.4, 0.5) is 5.69 Å². The molecule has 0 amide bonds. The molecule has 0 bridgehead atoms. The second-order valence-corrected chi connectivity index (χ2v) is 6.62. The molecule has 0 atom stereocenters. The number of fused-ring (bicyclic) bond motifs is 1. The Kier molecular flexibility index (Phi) is 5.43. The second-order valence-electron chi connectivity index (χ2n) is 6.62. The maximum Gasteiger partial charge on any atom is 0.125 e. The Hall–Kier alpha value is -3.46. The molecule has 0 aliphatic heterocycles. The first-order chi connectivity index (χ1) is 13.8. The zero-order chi connectivity index (χ0) is 19.2. The van der Waals surface area contributed by atoms with Crippen LogP contribution in [0.2, 0.25) is 0 Å². The molecular formula is C25H23NO2. The Morgan fingerprint density at radius 1 is 0.750 bits per heavy atom. The van der Waals surface area contributed by atoms with Crippen LogP contribution in [0, 0.1) is 0 Å². The van der Waals surface area contributed by atoms with E-state index in [0.29, 0.717) is 13.2 Å². The summed E-state index contributed by atoms with van der Waals surface area (Å²) in [5, 5.41) is 5.92. The fourth-order valence-corrected chi connectivity index (χ4v) is 3.27. The monoisotopic (exact) mass is 369 g/mol. The molecule has 28 heavy (non-hydrogen) atoms. The molecule has 140 valence electrons. The molecule has 0 spiro atoms. The fourth-order valence-electron chi connectivity index (χ4n) is 3.27. The van der Waals surface area contributed by atoms with Gasteiger partial charge in [-0.05, 0) is 46.7 Å². The van der Waals surface area contributed by atoms with Gasteiger partial charge in [-0.15, -0.1) is 0 Å². The normalized spacial score (nSPS) is 10.6. The zero-order valence-electron chi connectivity index (χ0n) is 15.9. The van der Waals surface area contributed by atoms with E-state index in [1.165, 1.54) is 10.8 Å². The smallest absolute Gasteiger partial charge is 0.125 e. The lowest BCUT2D eigenvalue weighted by atomic mass is 10.0. The summed E-state index contributed by atoms with van der Waals surface area (Å²) in [7, 11) is 1.68. The molecule has 0 aliphatic rings. The Morgan fingerprint density at radius 3 is 2.29 bits per heavy atom. The quantitative estimate of drug-likeness (QED) is 0.431.